The molecule has 112 valence electrons. The van der Waals surface area contributed by atoms with Crippen LogP contribution in [0.1, 0.15) is 20.3 Å². The molecule has 2 N–H and O–H groups in total. The number of aromatic nitrogens is 3. The van der Waals surface area contributed by atoms with E-state index in [1.54, 1.807) is 18.2 Å². The van der Waals surface area contributed by atoms with Gasteiger partial charge in [-0.1, -0.05) is 43.1 Å². The first-order valence-corrected chi connectivity index (χ1v) is 7.46. The fraction of sp³-hybridized carbons (Fsp3) is 0.357. The minimum Gasteiger partial charge on any atom is -0.353 e. The van der Waals surface area contributed by atoms with Crippen molar-refractivity contribution in [1.29, 1.82) is 0 Å². The molecule has 7 heteroatoms. The van der Waals surface area contributed by atoms with E-state index in [0.717, 1.165) is 13.0 Å². The lowest BCUT2D eigenvalue weighted by atomic mass is 10.1. The summed E-state index contributed by atoms with van der Waals surface area (Å²) in [5.41, 5.74) is 0.606. The molecule has 0 amide bonds. The Kier molecular flexibility index (Phi) is 5.59. The van der Waals surface area contributed by atoms with Crippen LogP contribution in [0.2, 0.25) is 10.0 Å². The normalized spacial score (nSPS) is 10.7. The van der Waals surface area contributed by atoms with Crippen LogP contribution in [0.4, 0.5) is 17.5 Å². The van der Waals surface area contributed by atoms with E-state index >= 15 is 0 Å². The van der Waals surface area contributed by atoms with Crippen LogP contribution in [0.5, 0.6) is 0 Å². The van der Waals surface area contributed by atoms with Gasteiger partial charge in [-0.3, -0.25) is 0 Å². The lowest BCUT2D eigenvalue weighted by Crippen LogP contribution is -2.09. The second kappa shape index (κ2) is 7.43. The van der Waals surface area contributed by atoms with Crippen LogP contribution in [0.15, 0.2) is 24.4 Å². The summed E-state index contributed by atoms with van der Waals surface area (Å²) in [5.74, 6) is 1.63. The van der Waals surface area contributed by atoms with Gasteiger partial charge in [-0.15, -0.1) is 5.10 Å². The predicted molar refractivity (Wildman–Crippen MR) is 87.5 cm³/mol. The van der Waals surface area contributed by atoms with Gasteiger partial charge >= 0.3 is 0 Å². The quantitative estimate of drug-likeness (QED) is 0.825. The number of rotatable bonds is 6. The zero-order valence-corrected chi connectivity index (χ0v) is 13.4. The molecule has 0 bridgehead atoms. The van der Waals surface area contributed by atoms with Crippen LogP contribution < -0.4 is 10.6 Å². The van der Waals surface area contributed by atoms with E-state index < -0.39 is 0 Å². The molecular weight excluding hydrogens is 309 g/mol. The average molecular weight is 326 g/mol. The fourth-order valence-electron chi connectivity index (χ4n) is 1.66. The maximum Gasteiger partial charge on any atom is 0.244 e. The third kappa shape index (κ3) is 4.72. The van der Waals surface area contributed by atoms with Gasteiger partial charge in [0.1, 0.15) is 0 Å². The summed E-state index contributed by atoms with van der Waals surface area (Å²) >= 11 is 12.2. The van der Waals surface area contributed by atoms with Gasteiger partial charge in [0.2, 0.25) is 5.95 Å². The molecule has 21 heavy (non-hydrogen) atoms. The van der Waals surface area contributed by atoms with Crippen LogP contribution >= 0.6 is 23.2 Å². The molecule has 0 unspecified atom stereocenters. The van der Waals surface area contributed by atoms with Crippen molar-refractivity contribution in [2.45, 2.75) is 20.3 Å². The van der Waals surface area contributed by atoms with E-state index in [4.69, 9.17) is 23.2 Å². The zero-order valence-electron chi connectivity index (χ0n) is 11.9. The van der Waals surface area contributed by atoms with Crippen LogP contribution in [0.3, 0.4) is 0 Å². The Morgan fingerprint density at radius 2 is 1.90 bits per heavy atom. The number of para-hydroxylation sites is 1. The average Bonchev–Trinajstić information content (AvgIpc) is 2.43. The monoisotopic (exact) mass is 325 g/mol. The summed E-state index contributed by atoms with van der Waals surface area (Å²) in [5, 5.41) is 15.1. The van der Waals surface area contributed by atoms with E-state index in [-0.39, 0.29) is 0 Å². The molecule has 0 atom stereocenters. The smallest absolute Gasteiger partial charge is 0.244 e. The molecule has 0 aliphatic rings. The Morgan fingerprint density at radius 3 is 2.57 bits per heavy atom. The third-order valence-electron chi connectivity index (χ3n) is 2.78. The van der Waals surface area contributed by atoms with Gasteiger partial charge in [0.25, 0.3) is 0 Å². The Labute approximate surface area is 134 Å². The van der Waals surface area contributed by atoms with Crippen molar-refractivity contribution in [2.75, 3.05) is 17.2 Å². The molecule has 1 heterocycles. The maximum atomic E-state index is 6.11. The number of halogens is 2. The third-order valence-corrected chi connectivity index (χ3v) is 3.41. The Balaban J connectivity index is 2.07. The number of hydrogen-bond donors (Lipinski definition) is 2. The van der Waals surface area contributed by atoms with Crippen LogP contribution in [-0.2, 0) is 0 Å². The van der Waals surface area contributed by atoms with Gasteiger partial charge in [-0.05, 0) is 24.5 Å². The van der Waals surface area contributed by atoms with E-state index in [2.05, 4.69) is 39.7 Å². The molecular formula is C14H17Cl2N5. The summed E-state index contributed by atoms with van der Waals surface area (Å²) in [6.45, 7) is 5.13. The second-order valence-corrected chi connectivity index (χ2v) is 5.81. The van der Waals surface area contributed by atoms with Crippen LogP contribution in [-0.4, -0.2) is 21.7 Å². The summed E-state index contributed by atoms with van der Waals surface area (Å²) in [6.07, 6.45) is 2.56. The second-order valence-electron chi connectivity index (χ2n) is 5.00. The first-order valence-electron chi connectivity index (χ1n) is 6.71. The Hall–Kier alpha value is -1.59. The van der Waals surface area contributed by atoms with Gasteiger partial charge in [-0.25, -0.2) is 0 Å². The molecule has 0 saturated carbocycles. The fourth-order valence-corrected chi connectivity index (χ4v) is 2.15. The molecule has 5 nitrogen and oxygen atoms in total. The van der Waals surface area contributed by atoms with Crippen molar-refractivity contribution in [3.8, 4) is 0 Å². The van der Waals surface area contributed by atoms with Gasteiger partial charge in [0.05, 0.1) is 21.9 Å². The first-order chi connectivity index (χ1) is 10.1. The van der Waals surface area contributed by atoms with E-state index in [1.807, 2.05) is 0 Å². The van der Waals surface area contributed by atoms with Crippen LogP contribution in [0.25, 0.3) is 0 Å². The van der Waals surface area contributed by atoms with Crippen molar-refractivity contribution < 1.29 is 0 Å². The Bertz CT molecular complexity index is 583. The minimum atomic E-state index is 0.476. The van der Waals surface area contributed by atoms with Gasteiger partial charge in [0, 0.05) is 6.54 Å². The summed E-state index contributed by atoms with van der Waals surface area (Å²) in [4.78, 5) is 4.33. The van der Waals surface area contributed by atoms with Gasteiger partial charge < -0.3 is 10.6 Å². The number of benzene rings is 1. The standard InChI is InChI=1S/C14H17Cl2N5/c1-9(2)6-7-17-14-20-12(8-18-21-14)19-13-10(15)4-3-5-11(13)16/h3-5,8-9H,6-7H2,1-2H3,(H2,17,19,20,21). The molecule has 1 aromatic heterocycles. The lowest BCUT2D eigenvalue weighted by Gasteiger charge is -2.10. The minimum absolute atomic E-state index is 0.476. The van der Waals surface area contributed by atoms with Crippen molar-refractivity contribution in [3.63, 3.8) is 0 Å². The lowest BCUT2D eigenvalue weighted by molar-refractivity contribution is 0.605. The first kappa shape index (κ1) is 15.8. The van der Waals surface area contributed by atoms with Crippen molar-refractivity contribution >= 4 is 40.7 Å². The number of anilines is 3. The number of nitrogens with one attached hydrogen (secondary N) is 2. The predicted octanol–water partition coefficient (Wildman–Crippen LogP) is 4.38. The van der Waals surface area contributed by atoms with Crippen LogP contribution in [0, 0.1) is 5.92 Å². The zero-order chi connectivity index (χ0) is 15.2. The SMILES string of the molecule is CC(C)CCNc1nncc(Nc2c(Cl)cccc2Cl)n1. The molecule has 2 aromatic rings. The molecule has 0 spiro atoms. The van der Waals surface area contributed by atoms with E-state index in [0.29, 0.717) is 33.4 Å². The highest BCUT2D eigenvalue weighted by Crippen LogP contribution is 2.31. The largest absolute Gasteiger partial charge is 0.353 e. The number of hydrogen-bond acceptors (Lipinski definition) is 5. The van der Waals surface area contributed by atoms with E-state index in [1.165, 1.54) is 6.20 Å². The van der Waals surface area contributed by atoms with Crippen molar-refractivity contribution in [3.05, 3.63) is 34.4 Å². The topological polar surface area (TPSA) is 62.7 Å². The van der Waals surface area contributed by atoms with Gasteiger partial charge in [-0.2, -0.15) is 10.1 Å². The highest BCUT2D eigenvalue weighted by Gasteiger charge is 2.07. The Morgan fingerprint density at radius 1 is 1.19 bits per heavy atom. The number of nitrogens with zero attached hydrogens (tertiary/aromatic N) is 3. The summed E-state index contributed by atoms with van der Waals surface area (Å²) in [6, 6.07) is 5.30. The summed E-state index contributed by atoms with van der Waals surface area (Å²) < 4.78 is 0. The molecule has 2 rings (SSSR count). The van der Waals surface area contributed by atoms with Crippen molar-refractivity contribution in [1.82, 2.24) is 15.2 Å². The highest BCUT2D eigenvalue weighted by molar-refractivity contribution is 6.39. The molecule has 0 fully saturated rings. The van der Waals surface area contributed by atoms with Gasteiger partial charge in [0.15, 0.2) is 5.82 Å². The maximum absolute atomic E-state index is 6.11. The molecule has 0 aliphatic heterocycles. The highest BCUT2D eigenvalue weighted by atomic mass is 35.5. The summed E-state index contributed by atoms with van der Waals surface area (Å²) in [7, 11) is 0. The van der Waals surface area contributed by atoms with E-state index in [9.17, 15) is 0 Å². The molecule has 0 aliphatic carbocycles. The molecule has 1 aromatic carbocycles. The molecule has 0 saturated heterocycles. The molecule has 0 radical (unpaired) electrons. The van der Waals surface area contributed by atoms with Crippen molar-refractivity contribution in [2.24, 2.45) is 5.92 Å².